The van der Waals surface area contributed by atoms with Crippen molar-refractivity contribution in [1.82, 2.24) is 4.57 Å². The Morgan fingerprint density at radius 2 is 1.57 bits per heavy atom. The van der Waals surface area contributed by atoms with Gasteiger partial charge in [-0.3, -0.25) is 14.4 Å². The second-order valence-electron chi connectivity index (χ2n) is 8.18. The smallest absolute Gasteiger partial charge is 0.306 e. The molecule has 2 aromatic rings. The van der Waals surface area contributed by atoms with Crippen molar-refractivity contribution in [2.45, 2.75) is 52.9 Å². The number of benzene rings is 1. The van der Waals surface area contributed by atoms with Gasteiger partial charge in [0.05, 0.1) is 6.42 Å². The molecule has 0 aliphatic heterocycles. The number of esters is 1. The van der Waals surface area contributed by atoms with Gasteiger partial charge in [-0.25, -0.2) is 0 Å². The molecule has 150 valence electrons. The summed E-state index contributed by atoms with van der Waals surface area (Å²) in [6.45, 7) is 9.79. The molecule has 0 saturated heterocycles. The van der Waals surface area contributed by atoms with E-state index in [2.05, 4.69) is 20.8 Å². The van der Waals surface area contributed by atoms with E-state index in [0.717, 1.165) is 17.0 Å². The zero-order chi connectivity index (χ0) is 21.1. The number of nitrogens with zero attached hydrogens (tertiary/aromatic N) is 1. The van der Waals surface area contributed by atoms with E-state index in [0.29, 0.717) is 11.1 Å². The first-order chi connectivity index (χ1) is 13.0. The van der Waals surface area contributed by atoms with E-state index in [-0.39, 0.29) is 36.4 Å². The molecule has 1 heterocycles. The Hall–Kier alpha value is -2.69. The van der Waals surface area contributed by atoms with Gasteiger partial charge in [-0.15, -0.1) is 0 Å². The van der Waals surface area contributed by atoms with Crippen molar-refractivity contribution in [3.8, 4) is 0 Å². The first-order valence-corrected chi connectivity index (χ1v) is 9.46. The van der Waals surface area contributed by atoms with Crippen LogP contribution < -0.4 is 0 Å². The predicted molar refractivity (Wildman–Crippen MR) is 109 cm³/mol. The van der Waals surface area contributed by atoms with Gasteiger partial charge in [0, 0.05) is 36.0 Å². The molecule has 0 atom stereocenters. The molecule has 0 aliphatic rings. The number of carbonyl (C=O) groups excluding carboxylic acids is 3. The van der Waals surface area contributed by atoms with Gasteiger partial charge in [-0.2, -0.15) is 0 Å². The predicted octanol–water partition coefficient (Wildman–Crippen LogP) is 4.33. The fourth-order valence-electron chi connectivity index (χ4n) is 2.95. The maximum Gasteiger partial charge on any atom is 0.306 e. The van der Waals surface area contributed by atoms with Crippen LogP contribution >= 0.6 is 0 Å². The number of hydrogen-bond donors (Lipinski definition) is 0. The topological polar surface area (TPSA) is 65.4 Å². The van der Waals surface area contributed by atoms with E-state index >= 15 is 0 Å². The molecule has 1 aromatic carbocycles. The zero-order valence-electron chi connectivity index (χ0n) is 17.6. The van der Waals surface area contributed by atoms with Crippen molar-refractivity contribution in [3.63, 3.8) is 0 Å². The molecule has 28 heavy (non-hydrogen) atoms. The van der Waals surface area contributed by atoms with E-state index in [4.69, 9.17) is 4.74 Å². The lowest BCUT2D eigenvalue weighted by molar-refractivity contribution is -0.142. The normalized spacial score (nSPS) is 11.4. The minimum absolute atomic E-state index is 0.0214. The van der Waals surface area contributed by atoms with Gasteiger partial charge in [0.15, 0.2) is 12.4 Å². The minimum atomic E-state index is -0.543. The van der Waals surface area contributed by atoms with E-state index in [1.165, 1.54) is 0 Å². The number of ether oxygens (including phenoxy) is 1. The highest BCUT2D eigenvalue weighted by molar-refractivity contribution is 6.00. The standard InChI is InChI=1S/C23H29NO4/c1-15-13-19(16(2)24(15)6)21(26)14-28-22(27)12-11-20(25)17-7-9-18(10-8-17)23(3,4)5/h7-10,13H,11-12,14H2,1-6H3. The molecule has 0 unspecified atom stereocenters. The third kappa shape index (κ3) is 5.18. The van der Waals surface area contributed by atoms with Crippen LogP contribution in [0.1, 0.15) is 71.3 Å². The van der Waals surface area contributed by atoms with Crippen molar-refractivity contribution in [2.24, 2.45) is 7.05 Å². The molecule has 5 nitrogen and oxygen atoms in total. The maximum absolute atomic E-state index is 12.3. The average Bonchev–Trinajstić information content (AvgIpc) is 2.91. The van der Waals surface area contributed by atoms with Crippen LogP contribution in [-0.2, 0) is 22.0 Å². The SMILES string of the molecule is Cc1cc(C(=O)COC(=O)CCC(=O)c2ccc(C(C)(C)C)cc2)c(C)n1C. The van der Waals surface area contributed by atoms with Crippen molar-refractivity contribution in [3.05, 3.63) is 58.4 Å². The molecule has 5 heteroatoms. The Balaban J connectivity index is 1.84. The van der Waals surface area contributed by atoms with Crippen LogP contribution in [0.25, 0.3) is 0 Å². The number of aryl methyl sites for hydroxylation is 1. The zero-order valence-corrected chi connectivity index (χ0v) is 17.6. The molecular weight excluding hydrogens is 354 g/mol. The summed E-state index contributed by atoms with van der Waals surface area (Å²) in [5.41, 5.74) is 4.11. The first kappa shape index (κ1) is 21.6. The summed E-state index contributed by atoms with van der Waals surface area (Å²) < 4.78 is 6.98. The molecular formula is C23H29NO4. The summed E-state index contributed by atoms with van der Waals surface area (Å²) in [6, 6.07) is 9.25. The van der Waals surface area contributed by atoms with Gasteiger partial charge in [0.2, 0.25) is 5.78 Å². The van der Waals surface area contributed by atoms with Crippen molar-refractivity contribution < 1.29 is 19.1 Å². The summed E-state index contributed by atoms with van der Waals surface area (Å²) in [6.07, 6.45) is 0.0191. The number of rotatable bonds is 7. The van der Waals surface area contributed by atoms with E-state index in [1.807, 2.05) is 37.6 Å². The summed E-state index contributed by atoms with van der Waals surface area (Å²) in [5, 5.41) is 0. The molecule has 2 rings (SSSR count). The van der Waals surface area contributed by atoms with Crippen molar-refractivity contribution in [1.29, 1.82) is 0 Å². The Morgan fingerprint density at radius 1 is 0.964 bits per heavy atom. The van der Waals surface area contributed by atoms with Crippen LogP contribution in [0.4, 0.5) is 0 Å². The second kappa shape index (κ2) is 8.55. The van der Waals surface area contributed by atoms with Gasteiger partial charge >= 0.3 is 5.97 Å². The van der Waals surface area contributed by atoms with Crippen molar-refractivity contribution in [2.75, 3.05) is 6.61 Å². The van der Waals surface area contributed by atoms with Crippen LogP contribution in [0.5, 0.6) is 0 Å². The summed E-state index contributed by atoms with van der Waals surface area (Å²) >= 11 is 0. The molecule has 0 spiro atoms. The lowest BCUT2D eigenvalue weighted by Gasteiger charge is -2.18. The number of Topliss-reactive ketones (excluding diaryl/α,β-unsaturated/α-hetero) is 2. The van der Waals surface area contributed by atoms with Gasteiger partial charge < -0.3 is 9.30 Å². The molecule has 1 aromatic heterocycles. The van der Waals surface area contributed by atoms with Gasteiger partial charge in [-0.1, -0.05) is 45.0 Å². The Bertz CT molecular complexity index is 883. The third-order valence-corrected chi connectivity index (χ3v) is 5.07. The number of carbonyl (C=O) groups is 3. The molecule has 0 bridgehead atoms. The highest BCUT2D eigenvalue weighted by Crippen LogP contribution is 2.22. The Kier molecular flexibility index (Phi) is 6.60. The highest BCUT2D eigenvalue weighted by atomic mass is 16.5. The van der Waals surface area contributed by atoms with Crippen LogP contribution in [0, 0.1) is 13.8 Å². The molecule has 0 N–H and O–H groups in total. The van der Waals surface area contributed by atoms with Crippen molar-refractivity contribution >= 4 is 17.5 Å². The summed E-state index contributed by atoms with van der Waals surface area (Å²) in [7, 11) is 1.88. The lowest BCUT2D eigenvalue weighted by Crippen LogP contribution is -2.16. The number of hydrogen-bond acceptors (Lipinski definition) is 4. The van der Waals surface area contributed by atoms with Crippen LogP contribution in [0.15, 0.2) is 30.3 Å². The highest BCUT2D eigenvalue weighted by Gasteiger charge is 2.17. The third-order valence-electron chi connectivity index (χ3n) is 5.07. The van der Waals surface area contributed by atoms with Gasteiger partial charge in [-0.05, 0) is 30.9 Å². The lowest BCUT2D eigenvalue weighted by atomic mass is 9.86. The fraction of sp³-hybridized carbons (Fsp3) is 0.435. The molecule has 0 saturated carbocycles. The summed E-state index contributed by atoms with van der Waals surface area (Å²) in [4.78, 5) is 36.5. The van der Waals surface area contributed by atoms with Crippen LogP contribution in [0.2, 0.25) is 0 Å². The molecule has 0 fully saturated rings. The first-order valence-electron chi connectivity index (χ1n) is 9.46. The summed E-state index contributed by atoms with van der Waals surface area (Å²) in [5.74, 6) is -0.893. The van der Waals surface area contributed by atoms with Crippen LogP contribution in [-0.4, -0.2) is 28.7 Å². The molecule has 0 radical (unpaired) electrons. The van der Waals surface area contributed by atoms with Gasteiger partial charge in [0.25, 0.3) is 0 Å². The maximum atomic E-state index is 12.3. The second-order valence-corrected chi connectivity index (χ2v) is 8.18. The van der Waals surface area contributed by atoms with E-state index < -0.39 is 5.97 Å². The number of ketones is 2. The van der Waals surface area contributed by atoms with Gasteiger partial charge in [0.1, 0.15) is 0 Å². The number of aromatic nitrogens is 1. The van der Waals surface area contributed by atoms with Crippen LogP contribution in [0.3, 0.4) is 0 Å². The van der Waals surface area contributed by atoms with E-state index in [9.17, 15) is 14.4 Å². The van der Waals surface area contributed by atoms with E-state index in [1.54, 1.807) is 18.2 Å². The molecule has 0 aliphatic carbocycles. The Morgan fingerprint density at radius 3 is 2.07 bits per heavy atom. The monoisotopic (exact) mass is 383 g/mol. The molecule has 0 amide bonds. The minimum Gasteiger partial charge on any atom is -0.457 e. The Labute approximate surface area is 166 Å². The largest absolute Gasteiger partial charge is 0.457 e. The quantitative estimate of drug-likeness (QED) is 0.527. The average molecular weight is 383 g/mol. The fourth-order valence-corrected chi connectivity index (χ4v) is 2.95.